The second-order valence-corrected chi connectivity index (χ2v) is 7.17. The van der Waals surface area contributed by atoms with Gasteiger partial charge in [-0.3, -0.25) is 0 Å². The summed E-state index contributed by atoms with van der Waals surface area (Å²) in [6.07, 6.45) is -1.05. The molecule has 1 aromatic carbocycles. The molecule has 0 saturated heterocycles. The first-order valence-electron chi connectivity index (χ1n) is 8.62. The Labute approximate surface area is 155 Å². The van der Waals surface area contributed by atoms with Gasteiger partial charge >= 0.3 is 0 Å². The minimum absolute atomic E-state index is 0.0328. The van der Waals surface area contributed by atoms with Crippen molar-refractivity contribution in [1.82, 2.24) is 9.89 Å². The number of nitrogens with zero attached hydrogens (tertiary/aromatic N) is 3. The lowest BCUT2D eigenvalue weighted by molar-refractivity contribution is 0.156. The highest BCUT2D eigenvalue weighted by Crippen LogP contribution is 2.37. The van der Waals surface area contributed by atoms with Crippen LogP contribution >= 0.6 is 0 Å². The Bertz CT molecular complexity index is 782. The molecule has 0 aliphatic rings. The van der Waals surface area contributed by atoms with Gasteiger partial charge in [0.2, 0.25) is 0 Å². The highest BCUT2D eigenvalue weighted by atomic mass is 16.3. The van der Waals surface area contributed by atoms with Crippen LogP contribution in [0, 0.1) is 11.3 Å². The molecule has 2 atom stereocenters. The lowest BCUT2D eigenvalue weighted by Crippen LogP contribution is -2.21. The smallest absolute Gasteiger partial charge is 0.173 e. The first kappa shape index (κ1) is 19.6. The predicted octanol–water partition coefficient (Wildman–Crippen LogP) is 2.78. The zero-order valence-electron chi connectivity index (χ0n) is 16.3. The van der Waals surface area contributed by atoms with Crippen LogP contribution in [-0.2, 0) is 5.41 Å². The van der Waals surface area contributed by atoms with Gasteiger partial charge in [0.1, 0.15) is 23.4 Å². The fourth-order valence-electron chi connectivity index (χ4n) is 2.97. The second-order valence-electron chi connectivity index (χ2n) is 7.17. The van der Waals surface area contributed by atoms with Crippen molar-refractivity contribution in [3.63, 3.8) is 0 Å². The van der Waals surface area contributed by atoms with E-state index in [1.54, 1.807) is 21.1 Å². The lowest BCUT2D eigenvalue weighted by Gasteiger charge is -2.22. The molecule has 4 N–H and O–H groups in total. The number of anilines is 2. The minimum Gasteiger partial charge on any atom is -0.385 e. The van der Waals surface area contributed by atoms with E-state index in [4.69, 9.17) is 0 Å². The van der Waals surface area contributed by atoms with Gasteiger partial charge in [0.15, 0.2) is 5.82 Å². The van der Waals surface area contributed by atoms with Crippen molar-refractivity contribution in [2.24, 2.45) is 0 Å². The molecule has 2 aromatic rings. The third-order valence-corrected chi connectivity index (χ3v) is 4.49. The standard InChI is InChI=1S/C19H28N6O/c1-19(2,3)13-9-7-12(8-10-13)14(11-20)17(26)16-15(21-4)18(22-5)24-25(16)23-6/h7-10,14,17,21,23,26H,1-6H3,(H,22,24). The number of rotatable bonds is 6. The maximum atomic E-state index is 11.0. The Morgan fingerprint density at radius 1 is 1.12 bits per heavy atom. The van der Waals surface area contributed by atoms with E-state index in [-0.39, 0.29) is 5.41 Å². The van der Waals surface area contributed by atoms with E-state index in [0.29, 0.717) is 17.2 Å². The second kappa shape index (κ2) is 7.67. The van der Waals surface area contributed by atoms with Gasteiger partial charge in [-0.2, -0.15) is 10.1 Å². The number of aliphatic hydroxyl groups is 1. The number of hydrogen-bond acceptors (Lipinski definition) is 6. The average Bonchev–Trinajstić information content (AvgIpc) is 2.99. The summed E-state index contributed by atoms with van der Waals surface area (Å²) in [7, 11) is 5.22. The molecule has 0 aliphatic heterocycles. The fourth-order valence-corrected chi connectivity index (χ4v) is 2.97. The van der Waals surface area contributed by atoms with Crippen LogP contribution in [0.3, 0.4) is 0 Å². The third kappa shape index (κ3) is 3.60. The van der Waals surface area contributed by atoms with Gasteiger partial charge in [-0.15, -0.1) is 5.10 Å². The number of benzene rings is 1. The molecule has 0 spiro atoms. The quantitative estimate of drug-likeness (QED) is 0.635. The normalized spacial score (nSPS) is 13.6. The van der Waals surface area contributed by atoms with Crippen molar-refractivity contribution in [2.75, 3.05) is 37.2 Å². The molecule has 0 aliphatic carbocycles. The minimum atomic E-state index is -1.05. The summed E-state index contributed by atoms with van der Waals surface area (Å²) in [5.74, 6) is -0.125. The number of nitriles is 1. The molecule has 7 heteroatoms. The van der Waals surface area contributed by atoms with E-state index in [2.05, 4.69) is 48.0 Å². The molecule has 2 rings (SSSR count). The molecule has 0 amide bonds. The van der Waals surface area contributed by atoms with Gasteiger partial charge in [0.05, 0.1) is 6.07 Å². The SMILES string of the molecule is CNc1nn(NC)c(C(O)C(C#N)c2ccc(C(C)(C)C)cc2)c1NC. The highest BCUT2D eigenvalue weighted by Gasteiger charge is 2.31. The lowest BCUT2D eigenvalue weighted by atomic mass is 9.84. The molecular formula is C19H28N6O. The summed E-state index contributed by atoms with van der Waals surface area (Å²) in [6, 6.07) is 10.1. The van der Waals surface area contributed by atoms with Crippen LogP contribution in [0.5, 0.6) is 0 Å². The molecular weight excluding hydrogens is 328 g/mol. The maximum Gasteiger partial charge on any atom is 0.173 e. The summed E-state index contributed by atoms with van der Waals surface area (Å²) >= 11 is 0. The molecule has 0 saturated carbocycles. The van der Waals surface area contributed by atoms with Gasteiger partial charge in [0, 0.05) is 21.1 Å². The molecule has 140 valence electrons. The van der Waals surface area contributed by atoms with E-state index >= 15 is 0 Å². The maximum absolute atomic E-state index is 11.0. The monoisotopic (exact) mass is 356 g/mol. The molecule has 2 unspecified atom stereocenters. The van der Waals surface area contributed by atoms with E-state index in [1.165, 1.54) is 10.4 Å². The van der Waals surface area contributed by atoms with Crippen LogP contribution in [-0.4, -0.2) is 36.1 Å². The summed E-state index contributed by atoms with van der Waals surface area (Å²) in [5, 5.41) is 31.1. The summed E-state index contributed by atoms with van der Waals surface area (Å²) in [6.45, 7) is 6.42. The van der Waals surface area contributed by atoms with Crippen molar-refractivity contribution in [1.29, 1.82) is 5.26 Å². The summed E-state index contributed by atoms with van der Waals surface area (Å²) in [5.41, 5.74) is 6.06. The molecule has 7 nitrogen and oxygen atoms in total. The van der Waals surface area contributed by atoms with Crippen molar-refractivity contribution in [3.8, 4) is 6.07 Å². The summed E-state index contributed by atoms with van der Waals surface area (Å²) < 4.78 is 0. The first-order valence-corrected chi connectivity index (χ1v) is 8.62. The third-order valence-electron chi connectivity index (χ3n) is 4.49. The van der Waals surface area contributed by atoms with Crippen LogP contribution in [0.1, 0.15) is 49.6 Å². The van der Waals surface area contributed by atoms with Gasteiger partial charge in [-0.05, 0) is 16.5 Å². The number of nitrogens with one attached hydrogen (secondary N) is 3. The molecule has 0 fully saturated rings. The average molecular weight is 356 g/mol. The number of aliphatic hydroxyl groups excluding tert-OH is 1. The number of aromatic nitrogens is 2. The molecule has 1 heterocycles. The van der Waals surface area contributed by atoms with Crippen LogP contribution in [0.25, 0.3) is 0 Å². The van der Waals surface area contributed by atoms with E-state index in [1.807, 2.05) is 24.3 Å². The number of hydrogen-bond donors (Lipinski definition) is 4. The predicted molar refractivity (Wildman–Crippen MR) is 105 cm³/mol. The van der Waals surface area contributed by atoms with Crippen molar-refractivity contribution in [3.05, 3.63) is 41.1 Å². The van der Waals surface area contributed by atoms with Crippen LogP contribution in [0.15, 0.2) is 24.3 Å². The molecule has 0 radical (unpaired) electrons. The van der Waals surface area contributed by atoms with Gasteiger partial charge < -0.3 is 21.2 Å². The van der Waals surface area contributed by atoms with Crippen molar-refractivity contribution in [2.45, 2.75) is 38.2 Å². The largest absolute Gasteiger partial charge is 0.385 e. The van der Waals surface area contributed by atoms with Crippen molar-refractivity contribution < 1.29 is 5.11 Å². The Morgan fingerprint density at radius 2 is 1.73 bits per heavy atom. The zero-order chi connectivity index (χ0) is 19.5. The van der Waals surface area contributed by atoms with Crippen LogP contribution < -0.4 is 16.1 Å². The highest BCUT2D eigenvalue weighted by molar-refractivity contribution is 5.68. The van der Waals surface area contributed by atoms with Crippen LogP contribution in [0.2, 0.25) is 0 Å². The topological polar surface area (TPSA) is 97.9 Å². The van der Waals surface area contributed by atoms with Gasteiger partial charge in [0.25, 0.3) is 0 Å². The Kier molecular flexibility index (Phi) is 5.78. The Morgan fingerprint density at radius 3 is 2.15 bits per heavy atom. The Hall–Kier alpha value is -2.72. The Balaban J connectivity index is 2.45. The van der Waals surface area contributed by atoms with Crippen LogP contribution in [0.4, 0.5) is 11.5 Å². The summed E-state index contributed by atoms with van der Waals surface area (Å²) in [4.78, 5) is 1.48. The zero-order valence-corrected chi connectivity index (χ0v) is 16.3. The van der Waals surface area contributed by atoms with E-state index in [9.17, 15) is 10.4 Å². The molecule has 1 aromatic heterocycles. The van der Waals surface area contributed by atoms with Crippen molar-refractivity contribution >= 4 is 11.5 Å². The first-order chi connectivity index (χ1) is 12.3. The van der Waals surface area contributed by atoms with Gasteiger partial charge in [-0.1, -0.05) is 45.0 Å². The molecule has 26 heavy (non-hydrogen) atoms. The van der Waals surface area contributed by atoms with E-state index < -0.39 is 12.0 Å². The fraction of sp³-hybridized carbons (Fsp3) is 0.474. The van der Waals surface area contributed by atoms with Gasteiger partial charge in [-0.25, -0.2) is 0 Å². The molecule has 0 bridgehead atoms. The van der Waals surface area contributed by atoms with E-state index in [0.717, 1.165) is 5.56 Å².